The van der Waals surface area contributed by atoms with Gasteiger partial charge in [-0.05, 0) is 56.0 Å². The third-order valence-corrected chi connectivity index (χ3v) is 4.70. The first-order valence-electron chi connectivity index (χ1n) is 6.88. The lowest BCUT2D eigenvalue weighted by Crippen LogP contribution is -2.02. The van der Waals surface area contributed by atoms with E-state index in [-0.39, 0.29) is 0 Å². The number of fused-ring (bicyclic) bond motifs is 1. The van der Waals surface area contributed by atoms with Crippen LogP contribution in [0.3, 0.4) is 0 Å². The average molecular weight is 285 g/mol. The molecule has 0 saturated carbocycles. The summed E-state index contributed by atoms with van der Waals surface area (Å²) in [5, 5.41) is 2.45. The van der Waals surface area contributed by atoms with Crippen molar-refractivity contribution in [1.29, 1.82) is 0 Å². The number of benzene rings is 1. The zero-order valence-electron chi connectivity index (χ0n) is 11.9. The SMILES string of the molecule is Cc1nc(Cn2ccc3cc(CCN)ccc32)sc1C. The Morgan fingerprint density at radius 1 is 1.25 bits per heavy atom. The summed E-state index contributed by atoms with van der Waals surface area (Å²) >= 11 is 1.78. The predicted molar refractivity (Wildman–Crippen MR) is 85.4 cm³/mol. The molecule has 2 heterocycles. The highest BCUT2D eigenvalue weighted by Gasteiger charge is 2.07. The summed E-state index contributed by atoms with van der Waals surface area (Å²) in [5.74, 6) is 0. The second kappa shape index (κ2) is 5.38. The van der Waals surface area contributed by atoms with Gasteiger partial charge in [0.15, 0.2) is 0 Å². The maximum absolute atomic E-state index is 5.62. The van der Waals surface area contributed by atoms with E-state index in [1.807, 2.05) is 0 Å². The van der Waals surface area contributed by atoms with Crippen LogP contribution in [0, 0.1) is 13.8 Å². The van der Waals surface area contributed by atoms with Gasteiger partial charge in [-0.15, -0.1) is 11.3 Å². The zero-order chi connectivity index (χ0) is 14.1. The number of nitrogens with two attached hydrogens (primary N) is 1. The van der Waals surface area contributed by atoms with Crippen molar-refractivity contribution in [3.05, 3.63) is 51.6 Å². The summed E-state index contributed by atoms with van der Waals surface area (Å²) in [6.07, 6.45) is 3.08. The second-order valence-electron chi connectivity index (χ2n) is 5.12. The Hall–Kier alpha value is -1.65. The topological polar surface area (TPSA) is 43.8 Å². The van der Waals surface area contributed by atoms with Gasteiger partial charge in [-0.25, -0.2) is 4.98 Å². The summed E-state index contributed by atoms with van der Waals surface area (Å²) in [5.41, 5.74) is 9.33. The minimum atomic E-state index is 0.698. The molecule has 2 aromatic heterocycles. The molecule has 0 amide bonds. The van der Waals surface area contributed by atoms with E-state index in [1.165, 1.54) is 26.4 Å². The number of hydrogen-bond acceptors (Lipinski definition) is 3. The van der Waals surface area contributed by atoms with Crippen molar-refractivity contribution in [2.75, 3.05) is 6.54 Å². The molecule has 0 spiro atoms. The molecule has 20 heavy (non-hydrogen) atoms. The van der Waals surface area contributed by atoms with Crippen molar-refractivity contribution in [3.63, 3.8) is 0 Å². The van der Waals surface area contributed by atoms with Crippen LogP contribution in [0.1, 0.15) is 21.1 Å². The Labute approximate surface area is 123 Å². The van der Waals surface area contributed by atoms with E-state index in [0.717, 1.165) is 18.7 Å². The second-order valence-corrected chi connectivity index (χ2v) is 6.41. The summed E-state index contributed by atoms with van der Waals surface area (Å²) in [4.78, 5) is 5.93. The number of aromatic nitrogens is 2. The van der Waals surface area contributed by atoms with Crippen molar-refractivity contribution in [1.82, 2.24) is 9.55 Å². The first-order valence-corrected chi connectivity index (χ1v) is 7.70. The van der Waals surface area contributed by atoms with Crippen LogP contribution in [0.25, 0.3) is 10.9 Å². The van der Waals surface area contributed by atoms with Gasteiger partial charge in [0.2, 0.25) is 0 Å². The number of thiazole rings is 1. The van der Waals surface area contributed by atoms with Crippen molar-refractivity contribution in [3.8, 4) is 0 Å². The van der Waals surface area contributed by atoms with Gasteiger partial charge in [-0.3, -0.25) is 0 Å². The monoisotopic (exact) mass is 285 g/mol. The van der Waals surface area contributed by atoms with Crippen LogP contribution in [-0.4, -0.2) is 16.1 Å². The van der Waals surface area contributed by atoms with E-state index >= 15 is 0 Å². The predicted octanol–water partition coefficient (Wildman–Crippen LogP) is 3.26. The molecule has 0 saturated heterocycles. The molecule has 1 aromatic carbocycles. The fraction of sp³-hybridized carbons (Fsp3) is 0.312. The van der Waals surface area contributed by atoms with Crippen LogP contribution >= 0.6 is 11.3 Å². The van der Waals surface area contributed by atoms with Crippen LogP contribution in [-0.2, 0) is 13.0 Å². The minimum Gasteiger partial charge on any atom is -0.341 e. The normalized spacial score (nSPS) is 11.3. The van der Waals surface area contributed by atoms with Gasteiger partial charge in [-0.1, -0.05) is 6.07 Å². The maximum atomic E-state index is 5.62. The maximum Gasteiger partial charge on any atom is 0.113 e. The smallest absolute Gasteiger partial charge is 0.113 e. The Bertz CT molecular complexity index is 720. The molecule has 0 aliphatic heterocycles. The fourth-order valence-corrected chi connectivity index (χ4v) is 3.40. The van der Waals surface area contributed by atoms with Crippen LogP contribution < -0.4 is 5.73 Å². The third kappa shape index (κ3) is 2.49. The lowest BCUT2D eigenvalue weighted by atomic mass is 10.1. The van der Waals surface area contributed by atoms with Gasteiger partial charge >= 0.3 is 0 Å². The molecule has 0 unspecified atom stereocenters. The van der Waals surface area contributed by atoms with Crippen LogP contribution in [0.15, 0.2) is 30.5 Å². The van der Waals surface area contributed by atoms with Crippen molar-refractivity contribution < 1.29 is 0 Å². The standard InChI is InChI=1S/C16H19N3S/c1-11-12(2)20-16(18-11)10-19-8-6-14-9-13(5-7-17)3-4-15(14)19/h3-4,6,8-9H,5,7,10,17H2,1-2H3. The molecule has 0 aliphatic rings. The number of aryl methyl sites for hydroxylation is 2. The molecular weight excluding hydrogens is 266 g/mol. The molecule has 104 valence electrons. The molecule has 2 N–H and O–H groups in total. The molecule has 0 atom stereocenters. The molecular formula is C16H19N3S. The molecule has 3 rings (SSSR count). The highest BCUT2D eigenvalue weighted by Crippen LogP contribution is 2.22. The zero-order valence-corrected chi connectivity index (χ0v) is 12.7. The van der Waals surface area contributed by atoms with Crippen molar-refractivity contribution >= 4 is 22.2 Å². The molecule has 0 radical (unpaired) electrons. The summed E-state index contributed by atoms with van der Waals surface area (Å²) in [6.45, 7) is 5.74. The molecule has 3 nitrogen and oxygen atoms in total. The Morgan fingerprint density at radius 2 is 2.10 bits per heavy atom. The largest absolute Gasteiger partial charge is 0.341 e. The quantitative estimate of drug-likeness (QED) is 0.799. The Morgan fingerprint density at radius 3 is 2.80 bits per heavy atom. The highest BCUT2D eigenvalue weighted by atomic mass is 32.1. The van der Waals surface area contributed by atoms with E-state index in [4.69, 9.17) is 5.73 Å². The van der Waals surface area contributed by atoms with Gasteiger partial charge in [0.05, 0.1) is 12.2 Å². The summed E-state index contributed by atoms with van der Waals surface area (Å²) in [6, 6.07) is 8.76. The van der Waals surface area contributed by atoms with Gasteiger partial charge in [0.1, 0.15) is 5.01 Å². The Balaban J connectivity index is 1.92. The summed E-state index contributed by atoms with van der Waals surface area (Å²) < 4.78 is 2.26. The number of rotatable bonds is 4. The van der Waals surface area contributed by atoms with Crippen molar-refractivity contribution in [2.45, 2.75) is 26.8 Å². The fourth-order valence-electron chi connectivity index (χ4n) is 2.46. The van der Waals surface area contributed by atoms with Crippen LogP contribution in [0.5, 0.6) is 0 Å². The minimum absolute atomic E-state index is 0.698. The van der Waals surface area contributed by atoms with E-state index in [1.54, 1.807) is 11.3 Å². The van der Waals surface area contributed by atoms with E-state index in [0.29, 0.717) is 6.54 Å². The number of nitrogens with zero attached hydrogens (tertiary/aromatic N) is 2. The van der Waals surface area contributed by atoms with Gasteiger partial charge in [-0.2, -0.15) is 0 Å². The van der Waals surface area contributed by atoms with E-state index < -0.39 is 0 Å². The Kier molecular flexibility index (Phi) is 3.59. The van der Waals surface area contributed by atoms with Gasteiger partial charge < -0.3 is 10.3 Å². The molecule has 0 fully saturated rings. The van der Waals surface area contributed by atoms with Gasteiger partial charge in [0, 0.05) is 16.6 Å². The first kappa shape index (κ1) is 13.3. The molecule has 4 heteroatoms. The molecule has 3 aromatic rings. The van der Waals surface area contributed by atoms with E-state index in [2.05, 4.69) is 53.9 Å². The highest BCUT2D eigenvalue weighted by molar-refractivity contribution is 7.11. The van der Waals surface area contributed by atoms with Crippen molar-refractivity contribution in [2.24, 2.45) is 5.73 Å². The average Bonchev–Trinajstić information content (AvgIpc) is 2.95. The van der Waals surface area contributed by atoms with Crippen LogP contribution in [0.4, 0.5) is 0 Å². The van der Waals surface area contributed by atoms with Gasteiger partial charge in [0.25, 0.3) is 0 Å². The lowest BCUT2D eigenvalue weighted by molar-refractivity contribution is 0.824. The van der Waals surface area contributed by atoms with Crippen LogP contribution in [0.2, 0.25) is 0 Å². The molecule has 0 aliphatic carbocycles. The number of hydrogen-bond donors (Lipinski definition) is 1. The third-order valence-electron chi connectivity index (χ3n) is 3.65. The summed E-state index contributed by atoms with van der Waals surface area (Å²) in [7, 11) is 0. The first-order chi connectivity index (χ1) is 9.67. The lowest BCUT2D eigenvalue weighted by Gasteiger charge is -2.04. The van der Waals surface area contributed by atoms with E-state index in [9.17, 15) is 0 Å². The molecule has 0 bridgehead atoms.